The van der Waals surface area contributed by atoms with Crippen molar-refractivity contribution in [2.45, 2.75) is 139 Å². The third kappa shape index (κ3) is 7.94. The van der Waals surface area contributed by atoms with Gasteiger partial charge in [0.1, 0.15) is 54.9 Å². The summed E-state index contributed by atoms with van der Waals surface area (Å²) in [6.45, 7) is 11.5. The zero-order valence-electron chi connectivity index (χ0n) is 31.9. The lowest BCUT2D eigenvalue weighted by Crippen LogP contribution is -2.60. The van der Waals surface area contributed by atoms with E-state index in [4.69, 9.17) is 42.6 Å². The van der Waals surface area contributed by atoms with E-state index < -0.39 is 120 Å². The molecule has 0 radical (unpaired) electrons. The SMILES string of the molecule is COC(=O)[C@@H]1[C@@H](O)CN(C)[C@@H]([C@H](OC2OC(CN=C([O-])OC(C)(C)C)C3OC(C)(C)OC23)C2OC(n3ccc(=O)[nH]c3=O)C3OC(C)(C)OC32)C(=O)N1C. The molecule has 0 saturated carbocycles. The average molecular weight is 769 g/mol. The molecule has 6 heterocycles. The molecule has 5 saturated heterocycles. The second-order valence-corrected chi connectivity index (χ2v) is 16.0. The van der Waals surface area contributed by atoms with Crippen LogP contribution < -0.4 is 16.4 Å². The lowest BCUT2D eigenvalue weighted by molar-refractivity contribution is -0.272. The van der Waals surface area contributed by atoms with Crippen molar-refractivity contribution in [1.29, 1.82) is 0 Å². The fourth-order valence-corrected chi connectivity index (χ4v) is 7.70. The first-order chi connectivity index (χ1) is 25.1. The molecule has 12 atom stereocenters. The maximum Gasteiger partial charge on any atom is 0.331 e. The summed E-state index contributed by atoms with van der Waals surface area (Å²) >= 11 is 0. The molecular formula is C34H50N5O15-. The van der Waals surface area contributed by atoms with Crippen LogP contribution in [0.25, 0.3) is 0 Å². The Morgan fingerprint density at radius 3 is 2.30 bits per heavy atom. The van der Waals surface area contributed by atoms with E-state index in [-0.39, 0.29) is 13.1 Å². The van der Waals surface area contributed by atoms with Crippen molar-refractivity contribution in [1.82, 2.24) is 19.4 Å². The number of H-pyrrole nitrogens is 1. The summed E-state index contributed by atoms with van der Waals surface area (Å²) in [6, 6.07) is -1.49. The Labute approximate surface area is 311 Å². The van der Waals surface area contributed by atoms with E-state index in [2.05, 4.69) is 9.98 Å². The van der Waals surface area contributed by atoms with Gasteiger partial charge in [0.05, 0.1) is 19.8 Å². The number of hydrogen-bond acceptors (Lipinski definition) is 17. The van der Waals surface area contributed by atoms with Crippen molar-refractivity contribution in [2.75, 3.05) is 34.3 Å². The molecule has 2 N–H and O–H groups in total. The molecule has 8 unspecified atom stereocenters. The number of aliphatic hydroxyl groups excluding tert-OH is 1. The average Bonchev–Trinajstić information content (AvgIpc) is 3.73. The lowest BCUT2D eigenvalue weighted by atomic mass is 9.97. The summed E-state index contributed by atoms with van der Waals surface area (Å²) in [7, 11) is 4.09. The molecule has 302 valence electrons. The number of hydrogen-bond donors (Lipinski definition) is 2. The van der Waals surface area contributed by atoms with Crippen molar-refractivity contribution < 1.29 is 62.4 Å². The zero-order valence-corrected chi connectivity index (χ0v) is 31.9. The first-order valence-corrected chi connectivity index (χ1v) is 17.7. The molecule has 1 amide bonds. The number of nitrogens with one attached hydrogen (secondary N) is 1. The molecule has 6 rings (SSSR count). The minimum atomic E-state index is -1.37. The number of methoxy groups -OCH3 is 1. The smallest absolute Gasteiger partial charge is 0.331 e. The second-order valence-electron chi connectivity index (χ2n) is 16.0. The van der Waals surface area contributed by atoms with Gasteiger partial charge in [-0.15, -0.1) is 0 Å². The number of esters is 1. The highest BCUT2D eigenvalue weighted by atomic mass is 16.8. The summed E-state index contributed by atoms with van der Waals surface area (Å²) in [5.74, 6) is -3.77. The number of nitrogens with zero attached hydrogens (tertiary/aromatic N) is 4. The van der Waals surface area contributed by atoms with Gasteiger partial charge in [-0.3, -0.25) is 29.0 Å². The highest BCUT2D eigenvalue weighted by Gasteiger charge is 2.63. The fraction of sp³-hybridized carbons (Fsp3) is 0.794. The number of carbonyl (C=O) groups is 2. The number of aromatic amines is 1. The lowest BCUT2D eigenvalue weighted by Gasteiger charge is -2.39. The third-order valence-corrected chi connectivity index (χ3v) is 9.79. The van der Waals surface area contributed by atoms with E-state index in [1.54, 1.807) is 55.5 Å². The number of ether oxygens (including phenoxy) is 9. The van der Waals surface area contributed by atoms with Gasteiger partial charge in [-0.25, -0.2) is 9.59 Å². The van der Waals surface area contributed by atoms with Crippen molar-refractivity contribution in [3.8, 4) is 0 Å². The number of likely N-dealkylation sites (N-methyl/N-ethyl adjacent to an activating group) is 2. The van der Waals surface area contributed by atoms with Crippen LogP contribution in [0, 0.1) is 0 Å². The molecule has 5 fully saturated rings. The maximum atomic E-state index is 14.6. The zero-order chi connectivity index (χ0) is 39.7. The molecule has 5 aliphatic heterocycles. The normalized spacial score (nSPS) is 37.2. The van der Waals surface area contributed by atoms with Crippen LogP contribution in [0.4, 0.5) is 0 Å². The molecule has 20 nitrogen and oxygen atoms in total. The maximum absolute atomic E-state index is 14.6. The minimum Gasteiger partial charge on any atom is -0.595 e. The molecule has 20 heteroatoms. The first kappa shape index (κ1) is 40.2. The number of carbonyl (C=O) groups excluding carboxylic acids is 2. The Bertz CT molecular complexity index is 1720. The van der Waals surface area contributed by atoms with Gasteiger partial charge in [0.25, 0.3) is 5.56 Å². The van der Waals surface area contributed by atoms with Gasteiger partial charge in [0.15, 0.2) is 30.1 Å². The highest BCUT2D eigenvalue weighted by Crippen LogP contribution is 2.47. The number of aliphatic imine (C=N–C) groups is 1. The van der Waals surface area contributed by atoms with E-state index >= 15 is 0 Å². The van der Waals surface area contributed by atoms with Gasteiger partial charge in [-0.1, -0.05) is 20.8 Å². The van der Waals surface area contributed by atoms with Crippen molar-refractivity contribution in [3.05, 3.63) is 33.1 Å². The van der Waals surface area contributed by atoms with Crippen LogP contribution >= 0.6 is 0 Å². The van der Waals surface area contributed by atoms with Crippen LogP contribution in [0.1, 0.15) is 54.7 Å². The van der Waals surface area contributed by atoms with E-state index in [1.807, 2.05) is 0 Å². The number of fused-ring (bicyclic) bond motifs is 2. The quantitative estimate of drug-likeness (QED) is 0.162. The summed E-state index contributed by atoms with van der Waals surface area (Å²) in [5, 5.41) is 23.7. The highest BCUT2D eigenvalue weighted by molar-refractivity contribution is 5.89. The van der Waals surface area contributed by atoms with Gasteiger partial charge >= 0.3 is 11.7 Å². The number of rotatable bonds is 8. The molecule has 1 aromatic heterocycles. The van der Waals surface area contributed by atoms with Gasteiger partial charge < -0.3 is 57.7 Å². The van der Waals surface area contributed by atoms with Crippen LogP contribution in [0.15, 0.2) is 26.8 Å². The summed E-state index contributed by atoms with van der Waals surface area (Å²) < 4.78 is 56.2. The number of aromatic nitrogens is 2. The number of aliphatic hydroxyl groups is 1. The van der Waals surface area contributed by atoms with E-state index in [0.29, 0.717) is 0 Å². The molecule has 54 heavy (non-hydrogen) atoms. The monoisotopic (exact) mass is 768 g/mol. The molecule has 5 aliphatic rings. The fourth-order valence-electron chi connectivity index (χ4n) is 7.70. The van der Waals surface area contributed by atoms with Crippen LogP contribution in [-0.2, 0) is 52.2 Å². The van der Waals surface area contributed by atoms with E-state index in [9.17, 15) is 29.4 Å². The molecule has 0 bridgehead atoms. The van der Waals surface area contributed by atoms with Gasteiger partial charge in [-0.05, 0) is 34.7 Å². The molecule has 1 aromatic rings. The standard InChI is InChI=1S/C34H51N5O15/c1-32(2,3)54-31(45)35-13-16-20-25(53-33(4,5)50-20)29(47-16)49-21(19-26(42)38(9)18(28(43)46-10)15(40)14-37(19)8)22-23-24(52-34(6,7)51-23)27(48-22)39-12-11-17(41)36-30(39)44/h11-12,15-16,18-25,27,29,40H,13-14H2,1-10H3,(H,35,45)(H,36,41,44)/p-1/t15-,16?,18-,19-,20?,21-,22?,23?,24?,25?,27?,29?/m0/s1. The topological polar surface area (TPSA) is 234 Å². The first-order valence-electron chi connectivity index (χ1n) is 17.7. The predicted octanol–water partition coefficient (Wildman–Crippen LogP) is -2.21. The van der Waals surface area contributed by atoms with E-state index in [0.717, 1.165) is 22.6 Å². The summed E-state index contributed by atoms with van der Waals surface area (Å²) in [4.78, 5) is 61.3. The minimum absolute atomic E-state index is 0.176. The van der Waals surface area contributed by atoms with Crippen molar-refractivity contribution in [2.24, 2.45) is 4.99 Å². The molecular weight excluding hydrogens is 718 g/mol. The van der Waals surface area contributed by atoms with E-state index in [1.165, 1.54) is 18.1 Å². The Balaban J connectivity index is 1.41. The summed E-state index contributed by atoms with van der Waals surface area (Å²) in [5.41, 5.74) is -2.18. The summed E-state index contributed by atoms with van der Waals surface area (Å²) in [6.07, 6.45) is -10.3. The predicted molar refractivity (Wildman–Crippen MR) is 181 cm³/mol. The molecule has 0 spiro atoms. The van der Waals surface area contributed by atoms with Gasteiger partial charge in [0, 0.05) is 31.5 Å². The van der Waals surface area contributed by atoms with Crippen LogP contribution in [0.5, 0.6) is 0 Å². The third-order valence-electron chi connectivity index (χ3n) is 9.79. The van der Waals surface area contributed by atoms with Crippen LogP contribution in [0.3, 0.4) is 0 Å². The van der Waals surface area contributed by atoms with Crippen molar-refractivity contribution in [3.63, 3.8) is 0 Å². The number of β-amino-alcohol motifs (C(OH)–C–C–N with tert-alkyl or cyclic N) is 1. The second kappa shape index (κ2) is 14.6. The van der Waals surface area contributed by atoms with Gasteiger partial charge in [-0.2, -0.15) is 0 Å². The Morgan fingerprint density at radius 1 is 1.04 bits per heavy atom. The van der Waals surface area contributed by atoms with Crippen LogP contribution in [0.2, 0.25) is 0 Å². The molecule has 0 aliphatic carbocycles. The van der Waals surface area contributed by atoms with Crippen LogP contribution in [-0.4, -0.2) is 161 Å². The van der Waals surface area contributed by atoms with Gasteiger partial charge in [0.2, 0.25) is 5.91 Å². The number of amides is 1. The Morgan fingerprint density at radius 2 is 1.67 bits per heavy atom. The Hall–Kier alpha value is -3.47. The largest absolute Gasteiger partial charge is 0.595 e. The molecule has 0 aromatic carbocycles. The Kier molecular flexibility index (Phi) is 10.8. The van der Waals surface area contributed by atoms with Crippen molar-refractivity contribution >= 4 is 18.0 Å².